The highest BCUT2D eigenvalue weighted by Crippen LogP contribution is 2.35. The van der Waals surface area contributed by atoms with Crippen LogP contribution >= 0.6 is 0 Å². The molecule has 6 heteroatoms. The number of benzene rings is 3. The van der Waals surface area contributed by atoms with Gasteiger partial charge in [0.25, 0.3) is 0 Å². The third kappa shape index (κ3) is 4.85. The van der Waals surface area contributed by atoms with Crippen molar-refractivity contribution in [3.8, 4) is 23.0 Å². The number of unbranched alkanes of at least 4 members (excludes halogenated alkanes) is 1. The third-order valence-electron chi connectivity index (χ3n) is 5.17. The summed E-state index contributed by atoms with van der Waals surface area (Å²) in [5, 5.41) is 1.60. The minimum Gasteiger partial charge on any atom is -0.494 e. The highest BCUT2D eigenvalue weighted by molar-refractivity contribution is 6.01. The van der Waals surface area contributed by atoms with Crippen LogP contribution in [0.25, 0.3) is 21.9 Å². The van der Waals surface area contributed by atoms with Gasteiger partial charge in [0.05, 0.1) is 30.2 Å². The Bertz CT molecular complexity index is 1400. The van der Waals surface area contributed by atoms with Crippen LogP contribution in [0.15, 0.2) is 98.8 Å². The van der Waals surface area contributed by atoms with Crippen molar-refractivity contribution in [2.45, 2.75) is 12.8 Å². The molecule has 0 spiro atoms. The summed E-state index contributed by atoms with van der Waals surface area (Å²) < 4.78 is 28.4. The van der Waals surface area contributed by atoms with E-state index in [1.807, 2.05) is 60.7 Å². The van der Waals surface area contributed by atoms with Gasteiger partial charge in [-0.1, -0.05) is 18.2 Å². The number of fused-ring (bicyclic) bond motifs is 2. The van der Waals surface area contributed by atoms with Crippen molar-refractivity contribution < 1.29 is 23.0 Å². The molecule has 0 amide bonds. The number of hydrogen-bond acceptors (Lipinski definition) is 6. The standard InChI is InChI=1S/C27H22O6/c28-26-13-12-22-25(33-26)18-24-23(14-17-30-24)27(22)31-16-5-4-15-29-19-8-10-21(11-9-19)32-20-6-2-1-3-7-20/h1-3,6-14,17-18H,4-5,15-16H2. The summed E-state index contributed by atoms with van der Waals surface area (Å²) in [4.78, 5) is 11.6. The van der Waals surface area contributed by atoms with E-state index in [0.29, 0.717) is 30.1 Å². The van der Waals surface area contributed by atoms with Crippen LogP contribution < -0.4 is 19.8 Å². The molecule has 0 saturated heterocycles. The Morgan fingerprint density at radius 3 is 2.18 bits per heavy atom. The van der Waals surface area contributed by atoms with E-state index < -0.39 is 5.63 Å². The molecule has 5 rings (SSSR count). The maximum atomic E-state index is 11.6. The van der Waals surface area contributed by atoms with Gasteiger partial charge in [0, 0.05) is 12.1 Å². The molecule has 3 aromatic carbocycles. The lowest BCUT2D eigenvalue weighted by molar-refractivity contribution is 0.269. The van der Waals surface area contributed by atoms with Gasteiger partial charge in [0.2, 0.25) is 0 Å². The van der Waals surface area contributed by atoms with E-state index in [-0.39, 0.29) is 0 Å². The van der Waals surface area contributed by atoms with E-state index in [1.165, 1.54) is 6.07 Å². The minimum absolute atomic E-state index is 0.406. The second-order valence-electron chi connectivity index (χ2n) is 7.49. The van der Waals surface area contributed by atoms with Gasteiger partial charge in [-0.05, 0) is 61.4 Å². The molecule has 0 atom stereocenters. The first-order chi connectivity index (χ1) is 16.3. The van der Waals surface area contributed by atoms with Gasteiger partial charge in [0.15, 0.2) is 0 Å². The van der Waals surface area contributed by atoms with Gasteiger partial charge in [-0.3, -0.25) is 0 Å². The lowest BCUT2D eigenvalue weighted by Gasteiger charge is -2.11. The lowest BCUT2D eigenvalue weighted by atomic mass is 10.1. The molecule has 0 bridgehead atoms. The Morgan fingerprint density at radius 1 is 0.667 bits per heavy atom. The zero-order valence-corrected chi connectivity index (χ0v) is 17.9. The fourth-order valence-electron chi connectivity index (χ4n) is 3.56. The second kappa shape index (κ2) is 9.53. The van der Waals surface area contributed by atoms with Crippen LogP contribution in [0.1, 0.15) is 12.8 Å². The number of rotatable bonds is 9. The van der Waals surface area contributed by atoms with E-state index in [2.05, 4.69) is 0 Å². The van der Waals surface area contributed by atoms with Crippen molar-refractivity contribution in [2.75, 3.05) is 13.2 Å². The molecule has 0 saturated carbocycles. The largest absolute Gasteiger partial charge is 0.494 e. The number of ether oxygens (including phenoxy) is 3. The van der Waals surface area contributed by atoms with Crippen LogP contribution in [0.2, 0.25) is 0 Å². The van der Waals surface area contributed by atoms with Gasteiger partial charge in [0.1, 0.15) is 34.2 Å². The predicted octanol–water partition coefficient (Wildman–Crippen LogP) is 6.57. The Balaban J connectivity index is 1.12. The van der Waals surface area contributed by atoms with Crippen LogP contribution in [0.5, 0.6) is 23.0 Å². The van der Waals surface area contributed by atoms with E-state index in [1.54, 1.807) is 18.4 Å². The van der Waals surface area contributed by atoms with Crippen LogP contribution in [-0.4, -0.2) is 13.2 Å². The monoisotopic (exact) mass is 442 g/mol. The summed E-state index contributed by atoms with van der Waals surface area (Å²) in [6.07, 6.45) is 3.23. The van der Waals surface area contributed by atoms with Crippen LogP contribution in [-0.2, 0) is 0 Å². The summed E-state index contributed by atoms with van der Waals surface area (Å²) >= 11 is 0. The maximum Gasteiger partial charge on any atom is 0.336 e. The first-order valence-corrected chi connectivity index (χ1v) is 10.8. The average Bonchev–Trinajstić information content (AvgIpc) is 3.30. The van der Waals surface area contributed by atoms with Crippen LogP contribution in [0, 0.1) is 0 Å². The maximum absolute atomic E-state index is 11.6. The van der Waals surface area contributed by atoms with E-state index in [9.17, 15) is 4.79 Å². The predicted molar refractivity (Wildman–Crippen MR) is 125 cm³/mol. The molecule has 5 aromatic rings. The number of para-hydroxylation sites is 1. The van der Waals surface area contributed by atoms with E-state index >= 15 is 0 Å². The normalized spacial score (nSPS) is 11.0. The van der Waals surface area contributed by atoms with E-state index in [0.717, 1.165) is 40.9 Å². The van der Waals surface area contributed by atoms with Crippen molar-refractivity contribution in [3.63, 3.8) is 0 Å². The quantitative estimate of drug-likeness (QED) is 0.190. The molecule has 0 radical (unpaired) electrons. The highest BCUT2D eigenvalue weighted by Gasteiger charge is 2.13. The zero-order valence-electron chi connectivity index (χ0n) is 17.9. The Labute approximate surface area is 189 Å². The molecule has 6 nitrogen and oxygen atoms in total. The first-order valence-electron chi connectivity index (χ1n) is 10.8. The summed E-state index contributed by atoms with van der Waals surface area (Å²) in [7, 11) is 0. The van der Waals surface area contributed by atoms with Crippen molar-refractivity contribution in [1.29, 1.82) is 0 Å². The van der Waals surface area contributed by atoms with E-state index in [4.69, 9.17) is 23.0 Å². The molecular formula is C27H22O6. The highest BCUT2D eigenvalue weighted by atomic mass is 16.5. The molecule has 2 heterocycles. The minimum atomic E-state index is -0.406. The topological polar surface area (TPSA) is 71.0 Å². The van der Waals surface area contributed by atoms with Gasteiger partial charge in [-0.15, -0.1) is 0 Å². The molecule has 33 heavy (non-hydrogen) atoms. The van der Waals surface area contributed by atoms with Gasteiger partial charge in [-0.25, -0.2) is 4.79 Å². The molecule has 0 unspecified atom stereocenters. The Morgan fingerprint density at radius 2 is 1.36 bits per heavy atom. The second-order valence-corrected chi connectivity index (χ2v) is 7.49. The summed E-state index contributed by atoms with van der Waals surface area (Å²) in [6, 6.07) is 23.9. The van der Waals surface area contributed by atoms with Gasteiger partial charge >= 0.3 is 5.63 Å². The summed E-state index contributed by atoms with van der Waals surface area (Å²) in [5.41, 5.74) is 0.661. The molecule has 0 aliphatic rings. The van der Waals surface area contributed by atoms with Crippen molar-refractivity contribution in [3.05, 3.63) is 95.5 Å². The van der Waals surface area contributed by atoms with Crippen molar-refractivity contribution >= 4 is 21.9 Å². The molecular weight excluding hydrogens is 420 g/mol. The summed E-state index contributed by atoms with van der Waals surface area (Å²) in [6.45, 7) is 1.08. The molecule has 0 aliphatic heterocycles. The third-order valence-corrected chi connectivity index (χ3v) is 5.17. The SMILES string of the molecule is O=c1ccc2c(OCCCCOc3ccc(Oc4ccccc4)cc3)c3ccoc3cc2o1. The fourth-order valence-corrected chi connectivity index (χ4v) is 3.56. The lowest BCUT2D eigenvalue weighted by Crippen LogP contribution is -2.03. The Hall–Kier alpha value is -4.19. The zero-order chi connectivity index (χ0) is 22.5. The summed E-state index contributed by atoms with van der Waals surface area (Å²) in [5.74, 6) is 3.01. The molecule has 166 valence electrons. The van der Waals surface area contributed by atoms with Crippen LogP contribution in [0.4, 0.5) is 0 Å². The molecule has 0 fully saturated rings. The van der Waals surface area contributed by atoms with Gasteiger partial charge < -0.3 is 23.0 Å². The average molecular weight is 442 g/mol. The molecule has 2 aromatic heterocycles. The number of hydrogen-bond donors (Lipinski definition) is 0. The first kappa shape index (κ1) is 20.7. The molecule has 0 N–H and O–H groups in total. The smallest absolute Gasteiger partial charge is 0.336 e. The Kier molecular flexibility index (Phi) is 5.97. The van der Waals surface area contributed by atoms with Crippen LogP contribution in [0.3, 0.4) is 0 Å². The van der Waals surface area contributed by atoms with Crippen molar-refractivity contribution in [1.82, 2.24) is 0 Å². The molecule has 0 aliphatic carbocycles. The van der Waals surface area contributed by atoms with Gasteiger partial charge in [-0.2, -0.15) is 0 Å². The van der Waals surface area contributed by atoms with Crippen molar-refractivity contribution in [2.24, 2.45) is 0 Å². The number of furan rings is 1. The fraction of sp³-hybridized carbons (Fsp3) is 0.148.